The maximum Gasteiger partial charge on any atom is 0.264 e. The lowest BCUT2D eigenvalue weighted by Crippen LogP contribution is -2.52. The Balaban J connectivity index is 2.16. The molecular weight excluding hydrogens is 625 g/mol. The predicted octanol–water partition coefficient (Wildman–Crippen LogP) is 6.24. The number of sulfonamides is 1. The van der Waals surface area contributed by atoms with Gasteiger partial charge in [-0.25, -0.2) is 8.42 Å². The van der Waals surface area contributed by atoms with Crippen molar-refractivity contribution >= 4 is 50.7 Å². The van der Waals surface area contributed by atoms with Gasteiger partial charge in [0.15, 0.2) is 0 Å². The van der Waals surface area contributed by atoms with Gasteiger partial charge in [0.25, 0.3) is 10.0 Å². The van der Waals surface area contributed by atoms with Crippen LogP contribution in [-0.4, -0.2) is 58.5 Å². The van der Waals surface area contributed by atoms with Gasteiger partial charge in [-0.1, -0.05) is 67.2 Å². The molecule has 1 N–H and O–H groups in total. The average Bonchev–Trinajstić information content (AvgIpc) is 3.01. The van der Waals surface area contributed by atoms with E-state index in [0.29, 0.717) is 27.9 Å². The fourth-order valence-corrected chi connectivity index (χ4v) is 6.56. The summed E-state index contributed by atoms with van der Waals surface area (Å²) < 4.78 is 40.3. The van der Waals surface area contributed by atoms with Crippen molar-refractivity contribution in [3.05, 3.63) is 81.8 Å². The molecule has 0 aliphatic heterocycles. The third-order valence-corrected chi connectivity index (χ3v) is 9.63. The van der Waals surface area contributed by atoms with Gasteiger partial charge in [0.2, 0.25) is 11.8 Å². The Kier molecular flexibility index (Phi) is 12.7. The van der Waals surface area contributed by atoms with Crippen molar-refractivity contribution < 1.29 is 27.5 Å². The molecule has 1 unspecified atom stereocenters. The van der Waals surface area contributed by atoms with E-state index in [1.165, 1.54) is 37.3 Å². The van der Waals surface area contributed by atoms with Gasteiger partial charge in [0.1, 0.15) is 24.1 Å². The summed E-state index contributed by atoms with van der Waals surface area (Å²) in [5.74, 6) is -0.429. The molecule has 238 valence electrons. The van der Waals surface area contributed by atoms with Crippen LogP contribution >= 0.6 is 23.2 Å². The first-order valence-electron chi connectivity index (χ1n) is 14.3. The molecule has 44 heavy (non-hydrogen) atoms. The first-order valence-corrected chi connectivity index (χ1v) is 16.5. The second-order valence-corrected chi connectivity index (χ2v) is 12.8. The number of unbranched alkanes of at least 4 members (excludes halogenated alkanes) is 1. The van der Waals surface area contributed by atoms with E-state index in [0.717, 1.165) is 22.7 Å². The van der Waals surface area contributed by atoms with Crippen LogP contribution in [0.2, 0.25) is 10.0 Å². The predicted molar refractivity (Wildman–Crippen MR) is 174 cm³/mol. The highest BCUT2D eigenvalue weighted by Gasteiger charge is 2.35. The zero-order valence-corrected chi connectivity index (χ0v) is 27.9. The highest BCUT2D eigenvalue weighted by Crippen LogP contribution is 2.36. The number of rotatable bonds is 15. The van der Waals surface area contributed by atoms with Crippen LogP contribution in [0.4, 0.5) is 5.69 Å². The fraction of sp³-hybridized carbons (Fsp3) is 0.375. The van der Waals surface area contributed by atoms with E-state index in [1.54, 1.807) is 49.4 Å². The molecule has 0 aliphatic rings. The van der Waals surface area contributed by atoms with E-state index in [2.05, 4.69) is 5.32 Å². The highest BCUT2D eigenvalue weighted by molar-refractivity contribution is 7.92. The summed E-state index contributed by atoms with van der Waals surface area (Å²) in [7, 11) is -1.46. The largest absolute Gasteiger partial charge is 0.497 e. The van der Waals surface area contributed by atoms with Gasteiger partial charge in [-0.05, 0) is 56.2 Å². The number of methoxy groups -OCH3 is 2. The van der Waals surface area contributed by atoms with Crippen LogP contribution in [0.5, 0.6) is 11.5 Å². The number of amides is 2. The number of benzene rings is 3. The molecule has 3 aromatic rings. The summed E-state index contributed by atoms with van der Waals surface area (Å²) in [6.07, 6.45) is 1.91. The quantitative estimate of drug-likeness (QED) is 0.193. The maximum absolute atomic E-state index is 14.4. The summed E-state index contributed by atoms with van der Waals surface area (Å²) in [6, 6.07) is 15.0. The number of carbonyl (C=O) groups excluding carboxylic acids is 2. The Bertz CT molecular complexity index is 1530. The molecule has 1 atom stereocenters. The minimum Gasteiger partial charge on any atom is -0.497 e. The Morgan fingerprint density at radius 2 is 1.61 bits per heavy atom. The third kappa shape index (κ3) is 8.37. The van der Waals surface area contributed by atoms with Gasteiger partial charge in [-0.3, -0.25) is 13.9 Å². The van der Waals surface area contributed by atoms with Gasteiger partial charge in [0.05, 0.1) is 24.8 Å². The Morgan fingerprint density at radius 3 is 2.18 bits per heavy atom. The van der Waals surface area contributed by atoms with E-state index < -0.39 is 28.5 Å². The summed E-state index contributed by atoms with van der Waals surface area (Å²) in [4.78, 5) is 29.1. The topological polar surface area (TPSA) is 105 Å². The number of hydrogen-bond acceptors (Lipinski definition) is 6. The molecule has 0 bridgehead atoms. The molecule has 2 amide bonds. The van der Waals surface area contributed by atoms with E-state index >= 15 is 0 Å². The molecule has 3 rings (SSSR count). The van der Waals surface area contributed by atoms with E-state index in [9.17, 15) is 18.0 Å². The van der Waals surface area contributed by atoms with Crippen LogP contribution in [0.1, 0.15) is 44.2 Å². The number of carbonyl (C=O) groups is 2. The lowest BCUT2D eigenvalue weighted by Gasteiger charge is -2.34. The average molecular weight is 665 g/mol. The van der Waals surface area contributed by atoms with Crippen molar-refractivity contribution in [1.29, 1.82) is 0 Å². The molecule has 0 aromatic heterocycles. The summed E-state index contributed by atoms with van der Waals surface area (Å²) >= 11 is 13.0. The van der Waals surface area contributed by atoms with Crippen LogP contribution in [0.15, 0.2) is 65.6 Å². The SMILES string of the molecule is CCCCNC(=O)C(CC)N(Cc1c(Cl)cccc1Cl)C(=O)CN(c1cc(OC)ccc1OC)S(=O)(=O)c1ccc(C)cc1. The second-order valence-electron chi connectivity index (χ2n) is 10.2. The fourth-order valence-electron chi connectivity index (χ4n) is 4.62. The van der Waals surface area contributed by atoms with Crippen molar-refractivity contribution in [2.75, 3.05) is 31.6 Å². The van der Waals surface area contributed by atoms with Crippen molar-refractivity contribution in [1.82, 2.24) is 10.2 Å². The molecule has 0 saturated carbocycles. The lowest BCUT2D eigenvalue weighted by molar-refractivity contribution is -0.140. The van der Waals surface area contributed by atoms with Crippen molar-refractivity contribution in [3.8, 4) is 11.5 Å². The number of nitrogens with zero attached hydrogens (tertiary/aromatic N) is 2. The molecule has 0 spiro atoms. The minimum absolute atomic E-state index is 0.0224. The van der Waals surface area contributed by atoms with Crippen LogP contribution in [0, 0.1) is 6.92 Å². The molecule has 0 heterocycles. The molecule has 0 fully saturated rings. The summed E-state index contributed by atoms with van der Waals surface area (Å²) in [5.41, 5.74) is 1.40. The third-order valence-electron chi connectivity index (χ3n) is 7.15. The van der Waals surface area contributed by atoms with Gasteiger partial charge < -0.3 is 19.7 Å². The first-order chi connectivity index (χ1) is 21.0. The zero-order chi connectivity index (χ0) is 32.4. The molecule has 9 nitrogen and oxygen atoms in total. The maximum atomic E-state index is 14.4. The normalized spacial score (nSPS) is 11.9. The van der Waals surface area contributed by atoms with Gasteiger partial charge >= 0.3 is 0 Å². The molecule has 0 aliphatic carbocycles. The number of ether oxygens (including phenoxy) is 2. The van der Waals surface area contributed by atoms with Crippen molar-refractivity contribution in [2.24, 2.45) is 0 Å². The van der Waals surface area contributed by atoms with Crippen LogP contribution < -0.4 is 19.1 Å². The van der Waals surface area contributed by atoms with Crippen LogP contribution in [-0.2, 0) is 26.2 Å². The standard InChI is InChI=1S/C32H39Cl2N3O6S/c1-6-8-18-35-32(39)28(7-2)36(20-25-26(33)10-9-11-27(25)34)31(38)21-37(29-19-23(42-4)14-17-30(29)43-5)44(40,41)24-15-12-22(3)13-16-24/h9-17,19,28H,6-8,18,20-21H2,1-5H3,(H,35,39). The summed E-state index contributed by atoms with van der Waals surface area (Å²) in [6.45, 7) is 5.30. The molecular formula is C32H39Cl2N3O6S. The molecule has 3 aromatic carbocycles. The van der Waals surface area contributed by atoms with Gasteiger partial charge in [0, 0.05) is 34.8 Å². The number of nitrogens with one attached hydrogen (secondary N) is 1. The van der Waals surface area contributed by atoms with Gasteiger partial charge in [-0.2, -0.15) is 0 Å². The van der Waals surface area contributed by atoms with E-state index in [1.807, 2.05) is 13.8 Å². The van der Waals surface area contributed by atoms with E-state index in [-0.39, 0.29) is 35.2 Å². The Morgan fingerprint density at radius 1 is 0.955 bits per heavy atom. The molecule has 0 radical (unpaired) electrons. The molecule has 0 saturated heterocycles. The van der Waals surface area contributed by atoms with Crippen molar-refractivity contribution in [3.63, 3.8) is 0 Å². The van der Waals surface area contributed by atoms with E-state index in [4.69, 9.17) is 32.7 Å². The molecule has 12 heteroatoms. The number of hydrogen-bond donors (Lipinski definition) is 1. The number of aryl methyl sites for hydroxylation is 1. The lowest BCUT2D eigenvalue weighted by atomic mass is 10.1. The zero-order valence-electron chi connectivity index (χ0n) is 25.6. The van der Waals surface area contributed by atoms with Gasteiger partial charge in [-0.15, -0.1) is 0 Å². The van der Waals surface area contributed by atoms with Crippen LogP contribution in [0.3, 0.4) is 0 Å². The van der Waals surface area contributed by atoms with Crippen molar-refractivity contribution in [2.45, 2.75) is 57.5 Å². The Labute approximate surface area is 270 Å². The monoisotopic (exact) mass is 663 g/mol. The smallest absolute Gasteiger partial charge is 0.264 e. The Hall–Kier alpha value is -3.47. The highest BCUT2D eigenvalue weighted by atomic mass is 35.5. The number of halogens is 2. The van der Waals surface area contributed by atoms with Crippen LogP contribution in [0.25, 0.3) is 0 Å². The number of anilines is 1. The first kappa shape index (κ1) is 35.0. The minimum atomic E-state index is -4.32. The second kappa shape index (κ2) is 16.0. The summed E-state index contributed by atoms with van der Waals surface area (Å²) in [5, 5.41) is 3.53.